The van der Waals surface area contributed by atoms with Crippen LogP contribution >= 0.6 is 0 Å². The second kappa shape index (κ2) is 4.41. The predicted molar refractivity (Wildman–Crippen MR) is 37.7 cm³/mol. The van der Waals surface area contributed by atoms with E-state index in [0.717, 1.165) is 0 Å². The van der Waals surface area contributed by atoms with Crippen molar-refractivity contribution in [1.29, 1.82) is 0 Å². The van der Waals surface area contributed by atoms with Crippen LogP contribution in [-0.4, -0.2) is 26.3 Å². The van der Waals surface area contributed by atoms with Crippen molar-refractivity contribution in [2.75, 3.05) is 14.2 Å². The Labute approximate surface area is 61.3 Å². The highest BCUT2D eigenvalue weighted by atomic mass is 16.7. The quantitative estimate of drug-likeness (QED) is 0.551. The topological polar surface area (TPSA) is 35.5 Å². The molecule has 0 aliphatic rings. The van der Waals surface area contributed by atoms with Crippen LogP contribution in [0.5, 0.6) is 0 Å². The van der Waals surface area contributed by atoms with Gasteiger partial charge in [-0.1, -0.05) is 6.92 Å². The minimum Gasteiger partial charge on any atom is -0.355 e. The lowest BCUT2D eigenvalue weighted by atomic mass is 10.1. The second-order valence-electron chi connectivity index (χ2n) is 2.24. The lowest BCUT2D eigenvalue weighted by Crippen LogP contribution is -2.27. The van der Waals surface area contributed by atoms with E-state index in [0.29, 0.717) is 0 Å². The standard InChI is InChI=1S/C7H14O3/c1-5(6(2)8)7(9-3)10-4/h5,7H,1-4H3. The van der Waals surface area contributed by atoms with Crippen LogP contribution in [-0.2, 0) is 14.3 Å². The van der Waals surface area contributed by atoms with Crippen molar-refractivity contribution in [2.24, 2.45) is 5.92 Å². The molecular formula is C7H14O3. The molecule has 0 aliphatic heterocycles. The van der Waals surface area contributed by atoms with E-state index in [1.54, 1.807) is 6.92 Å². The maximum absolute atomic E-state index is 10.7. The molecule has 3 heteroatoms. The van der Waals surface area contributed by atoms with Crippen LogP contribution in [0.3, 0.4) is 0 Å². The van der Waals surface area contributed by atoms with Crippen molar-refractivity contribution >= 4 is 5.78 Å². The SMILES string of the molecule is COC(OC)C(C)C(C)=O. The number of hydrogen-bond donors (Lipinski definition) is 0. The Kier molecular flexibility index (Phi) is 4.23. The number of ketones is 1. The molecule has 3 nitrogen and oxygen atoms in total. The molecule has 0 aromatic rings. The molecule has 0 saturated heterocycles. The molecular weight excluding hydrogens is 132 g/mol. The molecule has 0 aliphatic carbocycles. The van der Waals surface area contributed by atoms with E-state index in [-0.39, 0.29) is 11.7 Å². The highest BCUT2D eigenvalue weighted by Crippen LogP contribution is 2.07. The Morgan fingerprint density at radius 3 is 1.80 bits per heavy atom. The van der Waals surface area contributed by atoms with E-state index in [4.69, 9.17) is 9.47 Å². The molecule has 0 N–H and O–H groups in total. The normalized spacial score (nSPS) is 13.7. The number of Topliss-reactive ketones (excluding diaryl/α,β-unsaturated/α-hetero) is 1. The minimum atomic E-state index is -0.405. The number of hydrogen-bond acceptors (Lipinski definition) is 3. The first-order chi connectivity index (χ1) is 4.63. The first kappa shape index (κ1) is 9.59. The first-order valence-corrected chi connectivity index (χ1v) is 3.19. The molecule has 0 heterocycles. The Balaban J connectivity index is 3.88. The van der Waals surface area contributed by atoms with Crippen LogP contribution in [0.15, 0.2) is 0 Å². The van der Waals surface area contributed by atoms with E-state index in [2.05, 4.69) is 0 Å². The van der Waals surface area contributed by atoms with Crippen LogP contribution < -0.4 is 0 Å². The molecule has 10 heavy (non-hydrogen) atoms. The largest absolute Gasteiger partial charge is 0.355 e. The van der Waals surface area contributed by atoms with E-state index in [9.17, 15) is 4.79 Å². The summed E-state index contributed by atoms with van der Waals surface area (Å²) in [6, 6.07) is 0. The number of carbonyl (C=O) groups excluding carboxylic acids is 1. The van der Waals surface area contributed by atoms with E-state index < -0.39 is 6.29 Å². The summed E-state index contributed by atoms with van der Waals surface area (Å²) in [7, 11) is 3.04. The summed E-state index contributed by atoms with van der Waals surface area (Å²) in [5.41, 5.74) is 0. The molecule has 0 radical (unpaired) electrons. The fourth-order valence-corrected chi connectivity index (χ4v) is 0.696. The van der Waals surface area contributed by atoms with Crippen LogP contribution in [0, 0.1) is 5.92 Å². The van der Waals surface area contributed by atoms with Gasteiger partial charge < -0.3 is 9.47 Å². The van der Waals surface area contributed by atoms with Crippen LogP contribution in [0.25, 0.3) is 0 Å². The van der Waals surface area contributed by atoms with Crippen LogP contribution in [0.1, 0.15) is 13.8 Å². The van der Waals surface area contributed by atoms with Crippen molar-refractivity contribution < 1.29 is 14.3 Å². The first-order valence-electron chi connectivity index (χ1n) is 3.19. The number of ether oxygens (including phenoxy) is 2. The third kappa shape index (κ3) is 2.45. The van der Waals surface area contributed by atoms with Crippen LogP contribution in [0.4, 0.5) is 0 Å². The monoisotopic (exact) mass is 146 g/mol. The Hall–Kier alpha value is -0.410. The summed E-state index contributed by atoms with van der Waals surface area (Å²) < 4.78 is 9.76. The van der Waals surface area contributed by atoms with Gasteiger partial charge in [0.15, 0.2) is 6.29 Å². The van der Waals surface area contributed by atoms with E-state index in [1.165, 1.54) is 21.1 Å². The van der Waals surface area contributed by atoms with Gasteiger partial charge in [0.25, 0.3) is 0 Å². The summed E-state index contributed by atoms with van der Waals surface area (Å²) in [5.74, 6) is -0.108. The maximum atomic E-state index is 10.7. The van der Waals surface area contributed by atoms with Gasteiger partial charge in [-0.2, -0.15) is 0 Å². The van der Waals surface area contributed by atoms with Crippen molar-refractivity contribution in [1.82, 2.24) is 0 Å². The Morgan fingerprint density at radius 2 is 1.70 bits per heavy atom. The molecule has 0 fully saturated rings. The van der Waals surface area contributed by atoms with E-state index in [1.807, 2.05) is 0 Å². The molecule has 1 unspecified atom stereocenters. The highest BCUT2D eigenvalue weighted by Gasteiger charge is 2.19. The third-order valence-electron chi connectivity index (χ3n) is 1.51. The molecule has 0 rings (SSSR count). The summed E-state index contributed by atoms with van der Waals surface area (Å²) in [4.78, 5) is 10.7. The van der Waals surface area contributed by atoms with Gasteiger partial charge in [0.2, 0.25) is 0 Å². The summed E-state index contributed by atoms with van der Waals surface area (Å²) in [6.07, 6.45) is -0.405. The van der Waals surface area contributed by atoms with Gasteiger partial charge in [-0.3, -0.25) is 4.79 Å². The fourth-order valence-electron chi connectivity index (χ4n) is 0.696. The van der Waals surface area contributed by atoms with Gasteiger partial charge >= 0.3 is 0 Å². The molecule has 60 valence electrons. The van der Waals surface area contributed by atoms with Gasteiger partial charge in [0.05, 0.1) is 5.92 Å². The van der Waals surface area contributed by atoms with E-state index >= 15 is 0 Å². The highest BCUT2D eigenvalue weighted by molar-refractivity contribution is 5.78. The van der Waals surface area contributed by atoms with Gasteiger partial charge in [0.1, 0.15) is 5.78 Å². The molecule has 0 saturated carbocycles. The molecule has 0 amide bonds. The fraction of sp³-hybridized carbons (Fsp3) is 0.857. The van der Waals surface area contributed by atoms with Gasteiger partial charge in [0, 0.05) is 14.2 Å². The Bertz CT molecular complexity index is 107. The van der Waals surface area contributed by atoms with Gasteiger partial charge in [-0.05, 0) is 6.92 Å². The molecule has 1 atom stereocenters. The zero-order chi connectivity index (χ0) is 8.15. The van der Waals surface area contributed by atoms with Crippen molar-refractivity contribution in [2.45, 2.75) is 20.1 Å². The van der Waals surface area contributed by atoms with Gasteiger partial charge in [-0.25, -0.2) is 0 Å². The van der Waals surface area contributed by atoms with Crippen molar-refractivity contribution in [3.63, 3.8) is 0 Å². The summed E-state index contributed by atoms with van der Waals surface area (Å²) in [6.45, 7) is 3.30. The number of methoxy groups -OCH3 is 2. The predicted octanol–water partition coefficient (Wildman–Crippen LogP) is 0.830. The van der Waals surface area contributed by atoms with Gasteiger partial charge in [-0.15, -0.1) is 0 Å². The third-order valence-corrected chi connectivity index (χ3v) is 1.51. The second-order valence-corrected chi connectivity index (χ2v) is 2.24. The van der Waals surface area contributed by atoms with Crippen molar-refractivity contribution in [3.05, 3.63) is 0 Å². The summed E-state index contributed by atoms with van der Waals surface area (Å²) >= 11 is 0. The zero-order valence-electron chi connectivity index (χ0n) is 6.88. The smallest absolute Gasteiger partial charge is 0.166 e. The molecule has 0 aromatic carbocycles. The lowest BCUT2D eigenvalue weighted by molar-refractivity contribution is -0.152. The molecule has 0 aromatic heterocycles. The summed E-state index contributed by atoms with van der Waals surface area (Å²) in [5, 5.41) is 0. The van der Waals surface area contributed by atoms with Crippen molar-refractivity contribution in [3.8, 4) is 0 Å². The Morgan fingerprint density at radius 1 is 1.30 bits per heavy atom. The van der Waals surface area contributed by atoms with Crippen LogP contribution in [0.2, 0.25) is 0 Å². The molecule has 0 spiro atoms. The maximum Gasteiger partial charge on any atom is 0.166 e. The minimum absolute atomic E-state index is 0.0775. The zero-order valence-corrected chi connectivity index (χ0v) is 6.88. The average Bonchev–Trinajstić information content (AvgIpc) is 1.90. The number of rotatable bonds is 4. The lowest BCUT2D eigenvalue weighted by Gasteiger charge is -2.17. The average molecular weight is 146 g/mol. The molecule has 0 bridgehead atoms. The number of carbonyl (C=O) groups is 1.